The molecule has 5 aliphatic rings. The number of hydrogen-bond donors (Lipinski definition) is 0. The fourth-order valence-corrected chi connectivity index (χ4v) is 10.1. The third kappa shape index (κ3) is 8.73. The summed E-state index contributed by atoms with van der Waals surface area (Å²) >= 11 is 0. The summed E-state index contributed by atoms with van der Waals surface area (Å²) in [5.74, 6) is 0.781. The maximum Gasteiger partial charge on any atom is 0.0212 e. The zero-order valence-corrected chi connectivity index (χ0v) is 33.1. The maximum absolute atomic E-state index is 2.87. The molecule has 1 spiro atoms. The summed E-state index contributed by atoms with van der Waals surface area (Å²) in [7, 11) is 0. The molecule has 5 aliphatic heterocycles. The van der Waals surface area contributed by atoms with Gasteiger partial charge in [-0.3, -0.25) is 24.5 Å². The first kappa shape index (κ1) is 37.0. The lowest BCUT2D eigenvalue weighted by molar-refractivity contribution is -0.173. The van der Waals surface area contributed by atoms with E-state index in [0.29, 0.717) is 39.4 Å². The molecule has 46 heavy (non-hydrogen) atoms. The molecule has 0 bridgehead atoms. The van der Waals surface area contributed by atoms with Gasteiger partial charge in [0.25, 0.3) is 0 Å². The molecule has 0 radical (unpaired) electrons. The van der Waals surface area contributed by atoms with E-state index in [9.17, 15) is 0 Å². The molecule has 0 amide bonds. The van der Waals surface area contributed by atoms with Crippen LogP contribution in [0.5, 0.6) is 0 Å². The van der Waals surface area contributed by atoms with Gasteiger partial charge in [-0.25, -0.2) is 0 Å². The van der Waals surface area contributed by atoms with Crippen LogP contribution in [0.3, 0.4) is 0 Å². The van der Waals surface area contributed by atoms with Gasteiger partial charge < -0.3 is 4.90 Å². The lowest BCUT2D eigenvalue weighted by Gasteiger charge is -2.66. The Labute approximate surface area is 287 Å². The van der Waals surface area contributed by atoms with Crippen LogP contribution in [0.1, 0.15) is 122 Å². The van der Waals surface area contributed by atoms with E-state index >= 15 is 0 Å². The van der Waals surface area contributed by atoms with Crippen LogP contribution in [-0.2, 0) is 0 Å². The number of hydrogen-bond acceptors (Lipinski definition) is 6. The van der Waals surface area contributed by atoms with Crippen LogP contribution < -0.4 is 0 Å². The van der Waals surface area contributed by atoms with Gasteiger partial charge in [0.15, 0.2) is 0 Å². The predicted octanol–water partition coefficient (Wildman–Crippen LogP) is 6.60. The summed E-state index contributed by atoms with van der Waals surface area (Å²) in [6.45, 7) is 47.2. The Hall–Kier alpha value is -0.240. The van der Waals surface area contributed by atoms with E-state index in [1.807, 2.05) is 0 Å². The van der Waals surface area contributed by atoms with Crippen molar-refractivity contribution in [1.29, 1.82) is 0 Å². The molecule has 5 saturated heterocycles. The standard InChI is InChI=1S/C40H78N6/c1-31-24-43(25-36(4,5)6)33(3)23-35(31)44-27-40(28-44)29-46(30-40)39(12,13)16-15-38(10,11)26-42-17-14-34(22-32(42)2)41-18-20-45(21-19-41)37(7,8)9/h31-35H,14-30H2,1-13H3/t31-,32+,33+,34?,35?/m0/s1. The van der Waals surface area contributed by atoms with Gasteiger partial charge in [0.2, 0.25) is 0 Å². The molecule has 5 fully saturated rings. The molecule has 0 aliphatic carbocycles. The lowest BCUT2D eigenvalue weighted by atomic mass is 9.68. The molecule has 5 atom stereocenters. The van der Waals surface area contributed by atoms with Crippen LogP contribution >= 0.6 is 0 Å². The molecule has 268 valence electrons. The van der Waals surface area contributed by atoms with E-state index in [4.69, 9.17) is 0 Å². The van der Waals surface area contributed by atoms with E-state index in [0.717, 1.165) is 18.0 Å². The second kappa shape index (κ2) is 13.5. The van der Waals surface area contributed by atoms with Crippen LogP contribution in [0.15, 0.2) is 0 Å². The molecule has 0 N–H and O–H groups in total. The van der Waals surface area contributed by atoms with Crippen LogP contribution in [0.2, 0.25) is 0 Å². The third-order valence-electron chi connectivity index (χ3n) is 13.3. The molecule has 0 aromatic carbocycles. The van der Waals surface area contributed by atoms with E-state index in [1.54, 1.807) is 0 Å². The molecule has 6 nitrogen and oxygen atoms in total. The normalized spacial score (nSPS) is 33.7. The molecule has 0 aromatic heterocycles. The Balaban J connectivity index is 1.01. The third-order valence-corrected chi connectivity index (χ3v) is 13.3. The second-order valence-corrected chi connectivity index (χ2v) is 21.0. The monoisotopic (exact) mass is 643 g/mol. The average molecular weight is 643 g/mol. The Morgan fingerprint density at radius 1 is 0.609 bits per heavy atom. The maximum atomic E-state index is 2.87. The highest BCUT2D eigenvalue weighted by Crippen LogP contribution is 2.47. The summed E-state index contributed by atoms with van der Waals surface area (Å²) in [6, 6.07) is 2.97. The van der Waals surface area contributed by atoms with Gasteiger partial charge in [-0.05, 0) is 104 Å². The Kier molecular flexibility index (Phi) is 10.8. The highest BCUT2D eigenvalue weighted by atomic mass is 15.4. The van der Waals surface area contributed by atoms with Crippen molar-refractivity contribution < 1.29 is 0 Å². The summed E-state index contributed by atoms with van der Waals surface area (Å²) in [5.41, 5.74) is 1.94. The van der Waals surface area contributed by atoms with Gasteiger partial charge in [0, 0.05) is 113 Å². The largest absolute Gasteiger partial charge is 0.300 e. The summed E-state index contributed by atoms with van der Waals surface area (Å²) < 4.78 is 0. The van der Waals surface area contributed by atoms with Crippen molar-refractivity contribution in [3.63, 3.8) is 0 Å². The number of likely N-dealkylation sites (tertiary alicyclic amines) is 4. The second-order valence-electron chi connectivity index (χ2n) is 21.0. The van der Waals surface area contributed by atoms with Crippen molar-refractivity contribution in [2.75, 3.05) is 78.5 Å². The molecular formula is C40H78N6. The highest BCUT2D eigenvalue weighted by molar-refractivity contribution is 5.11. The van der Waals surface area contributed by atoms with Crippen LogP contribution in [0, 0.1) is 22.2 Å². The Bertz CT molecular complexity index is 986. The number of piperazine rings is 1. The molecule has 0 aromatic rings. The van der Waals surface area contributed by atoms with Gasteiger partial charge in [-0.15, -0.1) is 0 Å². The van der Waals surface area contributed by atoms with Crippen molar-refractivity contribution in [1.82, 2.24) is 29.4 Å². The van der Waals surface area contributed by atoms with Crippen LogP contribution in [0.25, 0.3) is 0 Å². The Morgan fingerprint density at radius 3 is 1.78 bits per heavy atom. The van der Waals surface area contributed by atoms with Gasteiger partial charge in [0.05, 0.1) is 0 Å². The number of nitrogens with zero attached hydrogens (tertiary/aromatic N) is 6. The molecule has 0 saturated carbocycles. The van der Waals surface area contributed by atoms with E-state index in [2.05, 4.69) is 119 Å². The minimum absolute atomic E-state index is 0.302. The first-order valence-corrected chi connectivity index (χ1v) is 19.6. The SMILES string of the molecule is C[C@@H]1CC(N2CC3(C2)CN(C(C)(C)CCC(C)(C)CN2CCC(N4CCN(C(C)(C)C)CC4)C[C@H]2C)C3)[C@@H](C)CN1CC(C)(C)C. The van der Waals surface area contributed by atoms with E-state index in [-0.39, 0.29) is 0 Å². The van der Waals surface area contributed by atoms with Gasteiger partial charge >= 0.3 is 0 Å². The first-order valence-electron chi connectivity index (χ1n) is 19.6. The van der Waals surface area contributed by atoms with Crippen LogP contribution in [-0.4, -0.2) is 143 Å². The lowest BCUT2D eigenvalue weighted by Crippen LogP contribution is -2.77. The van der Waals surface area contributed by atoms with Crippen molar-refractivity contribution in [3.05, 3.63) is 0 Å². The molecule has 5 rings (SSSR count). The fraction of sp³-hybridized carbons (Fsp3) is 1.00. The first-order chi connectivity index (χ1) is 21.2. The smallest absolute Gasteiger partial charge is 0.0212 e. The summed E-state index contributed by atoms with van der Waals surface area (Å²) in [6.07, 6.45) is 6.67. The molecule has 5 heterocycles. The molecule has 2 unspecified atom stereocenters. The fourth-order valence-electron chi connectivity index (χ4n) is 10.1. The van der Waals surface area contributed by atoms with Crippen molar-refractivity contribution >= 4 is 0 Å². The van der Waals surface area contributed by atoms with Crippen molar-refractivity contribution in [2.24, 2.45) is 22.2 Å². The quantitative estimate of drug-likeness (QED) is 0.280. The molecule has 6 heteroatoms. The highest BCUT2D eigenvalue weighted by Gasteiger charge is 2.56. The number of rotatable bonds is 9. The average Bonchev–Trinajstić information content (AvgIpc) is 2.88. The van der Waals surface area contributed by atoms with Crippen molar-refractivity contribution in [2.45, 2.75) is 157 Å². The predicted molar refractivity (Wildman–Crippen MR) is 198 cm³/mol. The van der Waals surface area contributed by atoms with E-state index < -0.39 is 0 Å². The summed E-state index contributed by atoms with van der Waals surface area (Å²) in [5, 5.41) is 0. The van der Waals surface area contributed by atoms with Gasteiger partial charge in [0.1, 0.15) is 0 Å². The zero-order valence-electron chi connectivity index (χ0n) is 33.1. The van der Waals surface area contributed by atoms with Gasteiger partial charge in [-0.2, -0.15) is 0 Å². The minimum Gasteiger partial charge on any atom is -0.300 e. The van der Waals surface area contributed by atoms with Crippen molar-refractivity contribution in [3.8, 4) is 0 Å². The number of piperidine rings is 2. The zero-order chi connectivity index (χ0) is 33.9. The van der Waals surface area contributed by atoms with Crippen LogP contribution in [0.4, 0.5) is 0 Å². The Morgan fingerprint density at radius 2 is 1.22 bits per heavy atom. The van der Waals surface area contributed by atoms with E-state index in [1.165, 1.54) is 111 Å². The molecular weight excluding hydrogens is 564 g/mol. The van der Waals surface area contributed by atoms with Gasteiger partial charge in [-0.1, -0.05) is 41.5 Å². The minimum atomic E-state index is 0.302. The summed E-state index contributed by atoms with van der Waals surface area (Å²) in [4.78, 5) is 16.8. The topological polar surface area (TPSA) is 19.4 Å².